The Bertz CT molecular complexity index is 911. The highest BCUT2D eigenvalue weighted by Gasteiger charge is 2.11. The van der Waals surface area contributed by atoms with Gasteiger partial charge in [-0.05, 0) is 35.5 Å². The number of anilines is 1. The maximum Gasteiger partial charge on any atom is 0.141 e. The van der Waals surface area contributed by atoms with E-state index in [1.165, 1.54) is 13.3 Å². The van der Waals surface area contributed by atoms with E-state index < -0.39 is 0 Å². The van der Waals surface area contributed by atoms with Crippen molar-refractivity contribution in [2.45, 2.75) is 6.92 Å². The molecule has 120 valence electrons. The molecule has 0 saturated carbocycles. The first-order valence-electron chi connectivity index (χ1n) is 6.99. The molecule has 24 heavy (non-hydrogen) atoms. The molecule has 0 aliphatic rings. The molecule has 0 fully saturated rings. The second-order valence-electron chi connectivity index (χ2n) is 4.62. The highest BCUT2D eigenvalue weighted by atomic mass is 35.5. The molecule has 2 aromatic carbocycles. The maximum absolute atomic E-state index is 7.32. The summed E-state index contributed by atoms with van der Waals surface area (Å²) in [6, 6.07) is 13.2. The van der Waals surface area contributed by atoms with Crippen molar-refractivity contribution in [3.05, 3.63) is 65.5 Å². The van der Waals surface area contributed by atoms with Gasteiger partial charge >= 0.3 is 0 Å². The number of hydrogen-bond acceptors (Lipinski definition) is 4. The van der Waals surface area contributed by atoms with Crippen LogP contribution in [0.5, 0.6) is 0 Å². The number of benzene rings is 2. The van der Waals surface area contributed by atoms with Crippen molar-refractivity contribution in [3.63, 3.8) is 0 Å². The van der Waals surface area contributed by atoms with Crippen LogP contribution in [0.4, 0.5) is 5.82 Å². The lowest BCUT2D eigenvalue weighted by molar-refractivity contribution is 1.22. The van der Waals surface area contributed by atoms with E-state index in [4.69, 9.17) is 28.5 Å². The zero-order chi connectivity index (χ0) is 17.5. The zero-order valence-corrected chi connectivity index (χ0v) is 14.4. The molecule has 1 heterocycles. The van der Waals surface area contributed by atoms with Crippen LogP contribution < -0.4 is 5.32 Å². The predicted octanol–water partition coefficient (Wildman–Crippen LogP) is 5.69. The molecule has 0 unspecified atom stereocenters. The second kappa shape index (κ2) is 8.30. The van der Waals surface area contributed by atoms with E-state index in [1.807, 2.05) is 30.3 Å². The van der Waals surface area contributed by atoms with E-state index in [0.717, 1.165) is 22.0 Å². The molecule has 4 nitrogen and oxygen atoms in total. The Hall–Kier alpha value is -2.61. The van der Waals surface area contributed by atoms with Gasteiger partial charge in [0, 0.05) is 6.92 Å². The van der Waals surface area contributed by atoms with Crippen LogP contribution in [0.25, 0.3) is 22.0 Å². The van der Waals surface area contributed by atoms with Crippen molar-refractivity contribution < 1.29 is 0 Å². The molecular formula is C18H14Cl2N4. The van der Waals surface area contributed by atoms with Gasteiger partial charge in [0.1, 0.15) is 12.1 Å². The standard InChI is InChI=1S/C16H11Cl2N3.C2H3N/c1-2-19-16-15-11(4-3-5-14(15)20-9-21-16)10-6-7-12(17)13(18)8-10;1-2-3/h2-9H,1H2,(H,19,20,21);1H3. The third kappa shape index (κ3) is 3.83. The third-order valence-corrected chi connectivity index (χ3v) is 3.87. The van der Waals surface area contributed by atoms with Gasteiger partial charge in [-0.3, -0.25) is 0 Å². The molecule has 0 saturated heterocycles. The molecule has 0 bridgehead atoms. The lowest BCUT2D eigenvalue weighted by atomic mass is 10.0. The average Bonchev–Trinajstić information content (AvgIpc) is 2.58. The first kappa shape index (κ1) is 17.7. The summed E-state index contributed by atoms with van der Waals surface area (Å²) in [6.45, 7) is 5.11. The predicted molar refractivity (Wildman–Crippen MR) is 100 cm³/mol. The molecule has 0 spiro atoms. The number of rotatable bonds is 3. The molecule has 0 amide bonds. The smallest absolute Gasteiger partial charge is 0.141 e. The first-order valence-corrected chi connectivity index (χ1v) is 7.75. The lowest BCUT2D eigenvalue weighted by Crippen LogP contribution is -1.95. The van der Waals surface area contributed by atoms with Gasteiger partial charge < -0.3 is 5.32 Å². The molecule has 3 rings (SSSR count). The zero-order valence-electron chi connectivity index (χ0n) is 12.9. The van der Waals surface area contributed by atoms with Gasteiger partial charge in [0.15, 0.2) is 0 Å². The molecule has 0 radical (unpaired) electrons. The van der Waals surface area contributed by atoms with Gasteiger partial charge in [0.2, 0.25) is 0 Å². The summed E-state index contributed by atoms with van der Waals surface area (Å²) in [7, 11) is 0. The van der Waals surface area contributed by atoms with E-state index in [9.17, 15) is 0 Å². The fourth-order valence-electron chi connectivity index (χ4n) is 2.22. The van der Waals surface area contributed by atoms with E-state index >= 15 is 0 Å². The van der Waals surface area contributed by atoms with E-state index in [1.54, 1.807) is 18.3 Å². The average molecular weight is 357 g/mol. The molecule has 0 aliphatic heterocycles. The summed E-state index contributed by atoms with van der Waals surface area (Å²) < 4.78 is 0. The van der Waals surface area contributed by atoms with Gasteiger partial charge in [-0.2, -0.15) is 5.26 Å². The topological polar surface area (TPSA) is 61.6 Å². The SMILES string of the molecule is C=CNc1ncnc2cccc(-c3ccc(Cl)c(Cl)c3)c12.CC#N. The maximum atomic E-state index is 7.32. The minimum atomic E-state index is 0.515. The first-order chi connectivity index (χ1) is 11.6. The molecule has 6 heteroatoms. The van der Waals surface area contributed by atoms with Gasteiger partial charge in [0.25, 0.3) is 0 Å². The Morgan fingerprint density at radius 1 is 1.17 bits per heavy atom. The Morgan fingerprint density at radius 3 is 2.58 bits per heavy atom. The van der Waals surface area contributed by atoms with Gasteiger partial charge in [-0.25, -0.2) is 9.97 Å². The van der Waals surface area contributed by atoms with E-state index in [-0.39, 0.29) is 0 Å². The van der Waals surface area contributed by atoms with Gasteiger partial charge in [0.05, 0.1) is 27.0 Å². The normalized spacial score (nSPS) is 9.58. The molecule has 0 atom stereocenters. The summed E-state index contributed by atoms with van der Waals surface area (Å²) >= 11 is 12.1. The monoisotopic (exact) mass is 356 g/mol. The van der Waals surface area contributed by atoms with Crippen molar-refractivity contribution >= 4 is 39.9 Å². The summed E-state index contributed by atoms with van der Waals surface area (Å²) in [5.41, 5.74) is 2.78. The van der Waals surface area contributed by atoms with Crippen LogP contribution in [0.3, 0.4) is 0 Å². The van der Waals surface area contributed by atoms with Crippen LogP contribution in [-0.4, -0.2) is 9.97 Å². The summed E-state index contributed by atoms with van der Waals surface area (Å²) in [4.78, 5) is 8.58. The van der Waals surface area contributed by atoms with Crippen LogP contribution >= 0.6 is 23.2 Å². The number of aromatic nitrogens is 2. The van der Waals surface area contributed by atoms with Crippen LogP contribution in [-0.2, 0) is 0 Å². The van der Waals surface area contributed by atoms with Crippen molar-refractivity contribution in [1.29, 1.82) is 5.26 Å². The highest BCUT2D eigenvalue weighted by Crippen LogP contribution is 2.34. The fourth-order valence-corrected chi connectivity index (χ4v) is 2.52. The number of nitrogens with one attached hydrogen (secondary N) is 1. The fraction of sp³-hybridized carbons (Fsp3) is 0.0556. The number of hydrogen-bond donors (Lipinski definition) is 1. The summed E-state index contributed by atoms with van der Waals surface area (Å²) in [6.07, 6.45) is 3.11. The largest absolute Gasteiger partial charge is 0.347 e. The van der Waals surface area contributed by atoms with Gasteiger partial charge in [-0.15, -0.1) is 0 Å². The summed E-state index contributed by atoms with van der Waals surface area (Å²) in [5, 5.41) is 12.3. The Kier molecular flexibility index (Phi) is 6.14. The minimum Gasteiger partial charge on any atom is -0.347 e. The van der Waals surface area contributed by atoms with Crippen molar-refractivity contribution in [1.82, 2.24) is 9.97 Å². The Balaban J connectivity index is 0.000000647. The second-order valence-corrected chi connectivity index (χ2v) is 5.44. The molecule has 1 N–H and O–H groups in total. The minimum absolute atomic E-state index is 0.515. The third-order valence-electron chi connectivity index (χ3n) is 3.13. The van der Waals surface area contributed by atoms with E-state index in [2.05, 4.69) is 21.9 Å². The lowest BCUT2D eigenvalue weighted by Gasteiger charge is -2.10. The highest BCUT2D eigenvalue weighted by molar-refractivity contribution is 6.42. The Morgan fingerprint density at radius 2 is 1.92 bits per heavy atom. The Labute approximate surface area is 150 Å². The number of fused-ring (bicyclic) bond motifs is 1. The van der Waals surface area contributed by atoms with Crippen molar-refractivity contribution in [3.8, 4) is 17.2 Å². The van der Waals surface area contributed by atoms with Crippen LogP contribution in [0.2, 0.25) is 10.0 Å². The van der Waals surface area contributed by atoms with Gasteiger partial charge in [-0.1, -0.05) is 48.0 Å². The summed E-state index contributed by atoms with van der Waals surface area (Å²) in [5.74, 6) is 0.705. The molecule has 1 aromatic heterocycles. The molecule has 0 aliphatic carbocycles. The van der Waals surface area contributed by atoms with Crippen LogP contribution in [0, 0.1) is 11.3 Å². The van der Waals surface area contributed by atoms with Crippen LogP contribution in [0.1, 0.15) is 6.92 Å². The van der Waals surface area contributed by atoms with E-state index in [0.29, 0.717) is 15.9 Å². The molecular weight excluding hydrogens is 343 g/mol. The molecule has 3 aromatic rings. The van der Waals surface area contributed by atoms with Crippen LogP contribution in [0.15, 0.2) is 55.5 Å². The number of nitrogens with zero attached hydrogens (tertiary/aromatic N) is 3. The van der Waals surface area contributed by atoms with Crippen molar-refractivity contribution in [2.75, 3.05) is 5.32 Å². The van der Waals surface area contributed by atoms with Crippen molar-refractivity contribution in [2.24, 2.45) is 0 Å². The number of halogens is 2. The quantitative estimate of drug-likeness (QED) is 0.654. The number of nitriles is 1.